The minimum absolute atomic E-state index is 0.247. The molecular formula is C16H15ClFNO2. The van der Waals surface area contributed by atoms with Crippen LogP contribution in [0.15, 0.2) is 24.3 Å². The lowest BCUT2D eigenvalue weighted by atomic mass is 9.97. The van der Waals surface area contributed by atoms with Crippen molar-refractivity contribution in [3.63, 3.8) is 0 Å². The smallest absolute Gasteiger partial charge is 0.354 e. The van der Waals surface area contributed by atoms with Crippen LogP contribution in [0.1, 0.15) is 39.6 Å². The van der Waals surface area contributed by atoms with E-state index in [9.17, 15) is 9.18 Å². The van der Waals surface area contributed by atoms with E-state index < -0.39 is 0 Å². The van der Waals surface area contributed by atoms with Crippen molar-refractivity contribution in [1.82, 2.24) is 4.98 Å². The van der Waals surface area contributed by atoms with Crippen LogP contribution in [0.5, 0.6) is 0 Å². The van der Waals surface area contributed by atoms with Crippen LogP contribution in [0.4, 0.5) is 4.39 Å². The molecule has 0 bridgehead atoms. The third-order valence-corrected chi connectivity index (χ3v) is 4.13. The van der Waals surface area contributed by atoms with E-state index in [0.29, 0.717) is 17.1 Å². The second kappa shape index (κ2) is 5.53. The fraction of sp³-hybridized carbons (Fsp3) is 0.312. The molecule has 0 saturated heterocycles. The number of aromatic amines is 1. The van der Waals surface area contributed by atoms with Gasteiger partial charge in [0.1, 0.15) is 11.5 Å². The second-order valence-corrected chi connectivity index (χ2v) is 5.77. The van der Waals surface area contributed by atoms with E-state index in [1.165, 1.54) is 19.2 Å². The van der Waals surface area contributed by atoms with Gasteiger partial charge in [-0.1, -0.05) is 11.6 Å². The Morgan fingerprint density at radius 1 is 1.43 bits per heavy atom. The van der Waals surface area contributed by atoms with Crippen molar-refractivity contribution in [2.45, 2.75) is 25.2 Å². The van der Waals surface area contributed by atoms with Gasteiger partial charge < -0.3 is 9.72 Å². The molecule has 1 atom stereocenters. The standard InChI is InChI=1S/C16H15ClFNO2/c1-21-16(20)14-7-11-3-2-10(15(11)19-14)4-9-5-12(17)8-13(18)6-9/h5-8,10,19H,2-4H2,1H3. The van der Waals surface area contributed by atoms with Gasteiger partial charge in [-0.25, -0.2) is 9.18 Å². The minimum atomic E-state index is -0.364. The summed E-state index contributed by atoms with van der Waals surface area (Å²) in [5, 5.41) is 0.407. The van der Waals surface area contributed by atoms with Crippen LogP contribution in [0.2, 0.25) is 5.02 Å². The molecule has 1 aliphatic carbocycles. The summed E-state index contributed by atoms with van der Waals surface area (Å²) in [6.45, 7) is 0. The largest absolute Gasteiger partial charge is 0.464 e. The van der Waals surface area contributed by atoms with Gasteiger partial charge in [-0.15, -0.1) is 0 Å². The third kappa shape index (κ3) is 2.81. The van der Waals surface area contributed by atoms with Crippen LogP contribution in [0.3, 0.4) is 0 Å². The number of fused-ring (bicyclic) bond motifs is 1. The van der Waals surface area contributed by atoms with Gasteiger partial charge in [-0.2, -0.15) is 0 Å². The number of aromatic nitrogens is 1. The fourth-order valence-electron chi connectivity index (χ4n) is 3.00. The van der Waals surface area contributed by atoms with Gasteiger partial charge in [-0.3, -0.25) is 0 Å². The van der Waals surface area contributed by atoms with Gasteiger partial charge in [0, 0.05) is 16.6 Å². The van der Waals surface area contributed by atoms with Crippen molar-refractivity contribution in [3.8, 4) is 0 Å². The van der Waals surface area contributed by atoms with Crippen molar-refractivity contribution >= 4 is 17.6 Å². The van der Waals surface area contributed by atoms with Crippen molar-refractivity contribution in [2.75, 3.05) is 7.11 Å². The Labute approximate surface area is 127 Å². The van der Waals surface area contributed by atoms with Gasteiger partial charge in [0.2, 0.25) is 0 Å². The number of carbonyl (C=O) groups excluding carboxylic acids is 1. The number of benzene rings is 1. The summed E-state index contributed by atoms with van der Waals surface area (Å²) in [5.41, 5.74) is 3.54. The Kier molecular flexibility index (Phi) is 3.72. The molecule has 1 aromatic heterocycles. The van der Waals surface area contributed by atoms with Crippen molar-refractivity contribution in [1.29, 1.82) is 0 Å². The first-order valence-electron chi connectivity index (χ1n) is 6.82. The fourth-order valence-corrected chi connectivity index (χ4v) is 3.24. The number of rotatable bonds is 3. The van der Waals surface area contributed by atoms with Crippen LogP contribution in [-0.2, 0) is 17.6 Å². The highest BCUT2D eigenvalue weighted by molar-refractivity contribution is 6.30. The minimum Gasteiger partial charge on any atom is -0.464 e. The molecule has 1 N–H and O–H groups in total. The lowest BCUT2D eigenvalue weighted by Gasteiger charge is -2.11. The number of hydrogen-bond donors (Lipinski definition) is 1. The second-order valence-electron chi connectivity index (χ2n) is 5.33. The van der Waals surface area contributed by atoms with Gasteiger partial charge in [0.05, 0.1) is 7.11 Å². The van der Waals surface area contributed by atoms with Crippen LogP contribution >= 0.6 is 11.6 Å². The lowest BCUT2D eigenvalue weighted by molar-refractivity contribution is 0.0594. The predicted molar refractivity (Wildman–Crippen MR) is 78.3 cm³/mol. The molecule has 3 nitrogen and oxygen atoms in total. The molecule has 1 unspecified atom stereocenters. The maximum Gasteiger partial charge on any atom is 0.354 e. The summed E-state index contributed by atoms with van der Waals surface area (Å²) in [7, 11) is 1.36. The lowest BCUT2D eigenvalue weighted by Crippen LogP contribution is -2.04. The highest BCUT2D eigenvalue weighted by atomic mass is 35.5. The molecule has 5 heteroatoms. The molecule has 2 aromatic rings. The zero-order chi connectivity index (χ0) is 15.0. The first-order valence-corrected chi connectivity index (χ1v) is 7.19. The van der Waals surface area contributed by atoms with Crippen LogP contribution < -0.4 is 0 Å². The molecule has 1 heterocycles. The van der Waals surface area contributed by atoms with Gasteiger partial charge >= 0.3 is 5.97 Å². The molecule has 0 saturated carbocycles. The van der Waals surface area contributed by atoms with Crippen LogP contribution in [-0.4, -0.2) is 18.1 Å². The van der Waals surface area contributed by atoms with E-state index in [1.807, 2.05) is 6.07 Å². The number of carbonyl (C=O) groups is 1. The quantitative estimate of drug-likeness (QED) is 0.875. The summed E-state index contributed by atoms with van der Waals surface area (Å²) in [5.74, 6) is -0.439. The number of H-pyrrole nitrogens is 1. The number of halogens is 2. The Bertz CT molecular complexity index is 675. The molecule has 110 valence electrons. The molecule has 0 radical (unpaired) electrons. The van der Waals surface area contributed by atoms with Crippen LogP contribution in [0.25, 0.3) is 0 Å². The Balaban J connectivity index is 1.83. The number of hydrogen-bond acceptors (Lipinski definition) is 2. The van der Waals surface area contributed by atoms with E-state index in [4.69, 9.17) is 16.3 Å². The van der Waals surface area contributed by atoms with Gasteiger partial charge in [0.25, 0.3) is 0 Å². The molecule has 3 rings (SSSR count). The van der Waals surface area contributed by atoms with E-state index in [1.54, 1.807) is 6.07 Å². The van der Waals surface area contributed by atoms with Gasteiger partial charge in [0.15, 0.2) is 0 Å². The molecule has 1 aliphatic rings. The summed E-state index contributed by atoms with van der Waals surface area (Å²) in [6.07, 6.45) is 2.60. The average Bonchev–Trinajstić information content (AvgIpc) is 2.99. The van der Waals surface area contributed by atoms with Crippen LogP contribution in [0, 0.1) is 5.82 Å². The molecule has 21 heavy (non-hydrogen) atoms. The number of esters is 1. The van der Waals surface area contributed by atoms with E-state index in [-0.39, 0.29) is 17.7 Å². The van der Waals surface area contributed by atoms with E-state index in [2.05, 4.69) is 4.98 Å². The first-order chi connectivity index (χ1) is 10.1. The highest BCUT2D eigenvalue weighted by Crippen LogP contribution is 2.36. The monoisotopic (exact) mass is 307 g/mol. The SMILES string of the molecule is COC(=O)c1cc2c([nH]1)C(Cc1cc(F)cc(Cl)c1)CC2. The topological polar surface area (TPSA) is 42.1 Å². The third-order valence-electron chi connectivity index (χ3n) is 3.91. The molecular weight excluding hydrogens is 293 g/mol. The molecule has 0 spiro atoms. The van der Waals surface area contributed by atoms with Gasteiger partial charge in [-0.05, 0) is 54.7 Å². The Hall–Kier alpha value is -1.81. The zero-order valence-electron chi connectivity index (χ0n) is 11.6. The van der Waals surface area contributed by atoms with E-state index >= 15 is 0 Å². The molecule has 0 amide bonds. The first kappa shape index (κ1) is 14.1. The zero-order valence-corrected chi connectivity index (χ0v) is 12.3. The maximum atomic E-state index is 13.4. The normalized spacial score (nSPS) is 16.8. The number of nitrogens with one attached hydrogen (secondary N) is 1. The molecule has 1 aromatic carbocycles. The van der Waals surface area contributed by atoms with E-state index in [0.717, 1.165) is 29.7 Å². The number of aryl methyl sites for hydroxylation is 1. The molecule has 0 fully saturated rings. The van der Waals surface area contributed by atoms with Crippen molar-refractivity contribution < 1.29 is 13.9 Å². The highest BCUT2D eigenvalue weighted by Gasteiger charge is 2.27. The maximum absolute atomic E-state index is 13.4. The predicted octanol–water partition coefficient (Wildman–Crippen LogP) is 3.87. The van der Waals surface area contributed by atoms with Crippen molar-refractivity contribution in [3.05, 3.63) is 57.6 Å². The Morgan fingerprint density at radius 2 is 2.24 bits per heavy atom. The summed E-state index contributed by atoms with van der Waals surface area (Å²) >= 11 is 5.89. The van der Waals surface area contributed by atoms with Crippen molar-refractivity contribution in [2.24, 2.45) is 0 Å². The average molecular weight is 308 g/mol. The number of ether oxygens (including phenoxy) is 1. The molecule has 0 aliphatic heterocycles. The summed E-state index contributed by atoms with van der Waals surface area (Å²) < 4.78 is 18.1. The number of methoxy groups -OCH3 is 1. The Morgan fingerprint density at radius 3 is 2.95 bits per heavy atom. The summed E-state index contributed by atoms with van der Waals surface area (Å²) in [6, 6.07) is 6.44. The summed E-state index contributed by atoms with van der Waals surface area (Å²) in [4.78, 5) is 14.7.